The van der Waals surface area contributed by atoms with Crippen LogP contribution in [-0.2, 0) is 6.54 Å². The highest BCUT2D eigenvalue weighted by atomic mass is 16.3. The number of hydrogen-bond donors (Lipinski definition) is 2. The predicted molar refractivity (Wildman–Crippen MR) is 117 cm³/mol. The molecule has 0 radical (unpaired) electrons. The van der Waals surface area contributed by atoms with Crippen LogP contribution in [0.4, 0.5) is 0 Å². The van der Waals surface area contributed by atoms with Gasteiger partial charge in [0, 0.05) is 37.0 Å². The van der Waals surface area contributed by atoms with Crippen molar-refractivity contribution in [1.29, 1.82) is 0 Å². The van der Waals surface area contributed by atoms with Crippen LogP contribution in [0.5, 0.6) is 0 Å². The van der Waals surface area contributed by atoms with Crippen LogP contribution in [0, 0.1) is 6.92 Å². The summed E-state index contributed by atoms with van der Waals surface area (Å²) in [6, 6.07) is 7.31. The number of aliphatic hydroxyl groups is 1. The van der Waals surface area contributed by atoms with E-state index < -0.39 is 23.4 Å². The molecule has 4 rings (SSSR count). The number of H-pyrrole nitrogens is 1. The van der Waals surface area contributed by atoms with Crippen molar-refractivity contribution in [3.8, 4) is 0 Å². The highest BCUT2D eigenvalue weighted by molar-refractivity contribution is 5.94. The first-order chi connectivity index (χ1) is 14.9. The zero-order valence-electron chi connectivity index (χ0n) is 17.9. The molecule has 8 heteroatoms. The summed E-state index contributed by atoms with van der Waals surface area (Å²) in [5, 5.41) is 10.6. The molecule has 1 aromatic heterocycles. The number of aryl methyl sites for hydroxylation is 1. The molecule has 2 saturated heterocycles. The van der Waals surface area contributed by atoms with E-state index in [0.29, 0.717) is 37.1 Å². The molecular formula is C23H30N4O4. The lowest BCUT2D eigenvalue weighted by Gasteiger charge is -2.22. The van der Waals surface area contributed by atoms with Crippen molar-refractivity contribution >= 4 is 5.91 Å². The van der Waals surface area contributed by atoms with Gasteiger partial charge in [0.15, 0.2) is 0 Å². The molecule has 31 heavy (non-hydrogen) atoms. The molecule has 2 aliphatic heterocycles. The number of benzene rings is 1. The van der Waals surface area contributed by atoms with E-state index in [4.69, 9.17) is 0 Å². The lowest BCUT2D eigenvalue weighted by Crippen LogP contribution is -2.37. The Morgan fingerprint density at radius 3 is 2.45 bits per heavy atom. The normalized spacial score (nSPS) is 22.5. The summed E-state index contributed by atoms with van der Waals surface area (Å²) >= 11 is 0. The number of hydrogen-bond acceptors (Lipinski definition) is 5. The minimum absolute atomic E-state index is 0.0643. The fourth-order valence-corrected chi connectivity index (χ4v) is 4.57. The fraction of sp³-hybridized carbons (Fsp3) is 0.522. The average molecular weight is 427 g/mol. The molecule has 8 nitrogen and oxygen atoms in total. The van der Waals surface area contributed by atoms with Gasteiger partial charge in [-0.2, -0.15) is 0 Å². The number of aliphatic hydroxyl groups excluding tert-OH is 1. The van der Waals surface area contributed by atoms with Crippen LogP contribution in [0.1, 0.15) is 53.2 Å². The van der Waals surface area contributed by atoms with Gasteiger partial charge in [-0.05, 0) is 63.4 Å². The number of carbonyl (C=O) groups is 1. The number of nitrogens with one attached hydrogen (secondary N) is 1. The Bertz CT molecular complexity index is 1040. The van der Waals surface area contributed by atoms with Crippen molar-refractivity contribution in [1.82, 2.24) is 19.4 Å². The van der Waals surface area contributed by atoms with Crippen molar-refractivity contribution in [3.05, 3.63) is 68.0 Å². The summed E-state index contributed by atoms with van der Waals surface area (Å²) in [5.74, 6) is -0.0643. The Kier molecular flexibility index (Phi) is 6.38. The van der Waals surface area contributed by atoms with E-state index >= 15 is 0 Å². The molecule has 1 aromatic carbocycles. The topological polar surface area (TPSA) is 98.6 Å². The smallest absolute Gasteiger partial charge is 0.328 e. The molecule has 0 unspecified atom stereocenters. The second-order valence-electron chi connectivity index (χ2n) is 8.66. The lowest BCUT2D eigenvalue weighted by atomic mass is 10.1. The van der Waals surface area contributed by atoms with Crippen molar-refractivity contribution in [2.24, 2.45) is 0 Å². The van der Waals surface area contributed by atoms with Gasteiger partial charge in [-0.3, -0.25) is 24.0 Å². The highest BCUT2D eigenvalue weighted by Crippen LogP contribution is 2.23. The number of likely N-dealkylation sites (tertiary alicyclic amines) is 2. The number of amides is 1. The van der Waals surface area contributed by atoms with Gasteiger partial charge in [0.1, 0.15) is 0 Å². The Hall–Kier alpha value is -2.71. The third-order valence-electron chi connectivity index (χ3n) is 6.43. The van der Waals surface area contributed by atoms with Crippen LogP contribution < -0.4 is 11.2 Å². The molecule has 0 saturated carbocycles. The van der Waals surface area contributed by atoms with Gasteiger partial charge >= 0.3 is 5.69 Å². The van der Waals surface area contributed by atoms with E-state index in [0.717, 1.165) is 19.6 Å². The Morgan fingerprint density at radius 1 is 1.06 bits per heavy atom. The highest BCUT2D eigenvalue weighted by Gasteiger charge is 2.29. The van der Waals surface area contributed by atoms with Crippen LogP contribution in [0.3, 0.4) is 0 Å². The quantitative estimate of drug-likeness (QED) is 0.767. The summed E-state index contributed by atoms with van der Waals surface area (Å²) < 4.78 is 1.39. The lowest BCUT2D eigenvalue weighted by molar-refractivity contribution is 0.0751. The van der Waals surface area contributed by atoms with Crippen LogP contribution >= 0.6 is 0 Å². The monoisotopic (exact) mass is 426 g/mol. The molecule has 166 valence electrons. The van der Waals surface area contributed by atoms with Crippen molar-refractivity contribution in [2.75, 3.05) is 26.2 Å². The van der Waals surface area contributed by atoms with E-state index in [2.05, 4.69) is 9.88 Å². The fourth-order valence-electron chi connectivity index (χ4n) is 4.57. The van der Waals surface area contributed by atoms with E-state index in [1.165, 1.54) is 29.2 Å². The second kappa shape index (κ2) is 9.20. The zero-order chi connectivity index (χ0) is 22.0. The third-order valence-corrected chi connectivity index (χ3v) is 6.43. The molecule has 1 amide bonds. The molecule has 3 heterocycles. The summed E-state index contributed by atoms with van der Waals surface area (Å²) in [4.78, 5) is 43.4. The van der Waals surface area contributed by atoms with Crippen LogP contribution in [-0.4, -0.2) is 62.6 Å². The van der Waals surface area contributed by atoms with E-state index in [9.17, 15) is 19.5 Å². The maximum absolute atomic E-state index is 13.0. The third kappa shape index (κ3) is 4.80. The predicted octanol–water partition coefficient (Wildman–Crippen LogP) is 1.28. The first kappa shape index (κ1) is 21.5. The zero-order valence-corrected chi connectivity index (χ0v) is 17.9. The summed E-state index contributed by atoms with van der Waals surface area (Å²) in [6.45, 7) is 5.66. The van der Waals surface area contributed by atoms with Crippen LogP contribution in [0.25, 0.3) is 0 Å². The molecule has 2 N–H and O–H groups in total. The van der Waals surface area contributed by atoms with Gasteiger partial charge in [-0.1, -0.05) is 12.1 Å². The maximum atomic E-state index is 13.0. The molecule has 2 aliphatic rings. The van der Waals surface area contributed by atoms with Gasteiger partial charge in [-0.25, -0.2) is 4.79 Å². The van der Waals surface area contributed by atoms with Crippen molar-refractivity contribution in [2.45, 2.75) is 51.3 Å². The minimum Gasteiger partial charge on any atom is -0.391 e. The Morgan fingerprint density at radius 2 is 1.74 bits per heavy atom. The SMILES string of the molecule is Cc1cn([C@H]2CCN(C(=O)c3ccc(CN4CCCC4)cc3)CC[C@@H]2O)c(=O)[nH]c1=O. The molecule has 0 bridgehead atoms. The minimum atomic E-state index is -0.774. The molecule has 2 atom stereocenters. The van der Waals surface area contributed by atoms with Crippen LogP contribution in [0.2, 0.25) is 0 Å². The summed E-state index contributed by atoms with van der Waals surface area (Å²) in [7, 11) is 0. The molecule has 0 spiro atoms. The Labute approximate surface area is 181 Å². The van der Waals surface area contributed by atoms with E-state index in [1.807, 2.05) is 24.3 Å². The molecular weight excluding hydrogens is 396 g/mol. The summed E-state index contributed by atoms with van der Waals surface area (Å²) in [5.41, 5.74) is 1.30. The number of aromatic amines is 1. The molecule has 2 aromatic rings. The van der Waals surface area contributed by atoms with E-state index in [1.54, 1.807) is 11.8 Å². The Balaban J connectivity index is 1.44. The standard InChI is InChI=1S/C23H30N4O4/c1-16-14-27(23(31)24-21(16)29)19-8-12-26(13-9-20(19)28)22(30)18-6-4-17(5-7-18)15-25-10-2-3-11-25/h4-7,14,19-20,28H,2-3,8-13,15H2,1H3,(H,24,29,31)/t19-,20-/m0/s1. The van der Waals surface area contributed by atoms with Crippen molar-refractivity contribution in [3.63, 3.8) is 0 Å². The second-order valence-corrected chi connectivity index (χ2v) is 8.66. The van der Waals surface area contributed by atoms with Crippen molar-refractivity contribution < 1.29 is 9.90 Å². The maximum Gasteiger partial charge on any atom is 0.328 e. The van der Waals surface area contributed by atoms with Gasteiger partial charge in [0.25, 0.3) is 11.5 Å². The van der Waals surface area contributed by atoms with Crippen LogP contribution in [0.15, 0.2) is 40.1 Å². The largest absolute Gasteiger partial charge is 0.391 e. The van der Waals surface area contributed by atoms with E-state index in [-0.39, 0.29) is 5.91 Å². The van der Waals surface area contributed by atoms with Gasteiger partial charge in [0.05, 0.1) is 12.1 Å². The summed E-state index contributed by atoms with van der Waals surface area (Å²) in [6.07, 6.45) is 4.03. The molecule has 2 fully saturated rings. The number of carbonyl (C=O) groups excluding carboxylic acids is 1. The number of nitrogens with zero attached hydrogens (tertiary/aromatic N) is 3. The average Bonchev–Trinajstić information content (AvgIpc) is 3.19. The number of rotatable bonds is 4. The van der Waals surface area contributed by atoms with Gasteiger partial charge < -0.3 is 10.0 Å². The van der Waals surface area contributed by atoms with Gasteiger partial charge in [0.2, 0.25) is 0 Å². The first-order valence-corrected chi connectivity index (χ1v) is 11.0. The first-order valence-electron chi connectivity index (χ1n) is 11.0. The number of aromatic nitrogens is 2. The van der Waals surface area contributed by atoms with Gasteiger partial charge in [-0.15, -0.1) is 0 Å². The molecule has 0 aliphatic carbocycles.